The zero-order chi connectivity index (χ0) is 13.3. The molecule has 0 aliphatic heterocycles. The Hall–Kier alpha value is -1.81. The second kappa shape index (κ2) is 4.82. The molecule has 4 nitrogen and oxygen atoms in total. The lowest BCUT2D eigenvalue weighted by molar-refractivity contribution is 0.413. The number of ether oxygens (including phenoxy) is 1. The molecule has 0 aliphatic rings. The summed E-state index contributed by atoms with van der Waals surface area (Å²) in [5.74, 6) is 0.877. The number of methoxy groups -OCH3 is 1. The number of nitrogens with zero attached hydrogens (tertiary/aromatic N) is 2. The lowest BCUT2D eigenvalue weighted by atomic mass is 10.0. The van der Waals surface area contributed by atoms with Crippen LogP contribution in [0.15, 0.2) is 18.2 Å². The first-order chi connectivity index (χ1) is 8.56. The van der Waals surface area contributed by atoms with Crippen LogP contribution in [0.4, 0.5) is 0 Å². The van der Waals surface area contributed by atoms with E-state index in [4.69, 9.17) is 10.5 Å². The lowest BCUT2D eigenvalue weighted by Crippen LogP contribution is -2.03. The number of aryl methyl sites for hydroxylation is 3. The van der Waals surface area contributed by atoms with Crippen molar-refractivity contribution < 1.29 is 4.74 Å². The first kappa shape index (κ1) is 12.6. The van der Waals surface area contributed by atoms with E-state index in [1.807, 2.05) is 24.7 Å². The molecular weight excluding hydrogens is 226 g/mol. The summed E-state index contributed by atoms with van der Waals surface area (Å²) in [5.41, 5.74) is 10.9. The molecule has 0 saturated carbocycles. The molecule has 1 heterocycles. The topological polar surface area (TPSA) is 53.1 Å². The minimum absolute atomic E-state index is 0.483. The Balaban J connectivity index is 2.61. The quantitative estimate of drug-likeness (QED) is 0.901. The van der Waals surface area contributed by atoms with Crippen LogP contribution in [0.1, 0.15) is 16.8 Å². The lowest BCUT2D eigenvalue weighted by Gasteiger charge is -2.10. The van der Waals surface area contributed by atoms with Gasteiger partial charge in [-0.15, -0.1) is 0 Å². The Morgan fingerprint density at radius 1 is 1.28 bits per heavy atom. The average molecular weight is 245 g/mol. The summed E-state index contributed by atoms with van der Waals surface area (Å²) in [4.78, 5) is 0. The van der Waals surface area contributed by atoms with E-state index in [9.17, 15) is 0 Å². The van der Waals surface area contributed by atoms with Crippen LogP contribution in [0.3, 0.4) is 0 Å². The second-order valence-electron chi connectivity index (χ2n) is 4.51. The molecule has 1 aromatic carbocycles. The van der Waals surface area contributed by atoms with Gasteiger partial charge in [-0.1, -0.05) is 6.07 Å². The van der Waals surface area contributed by atoms with Gasteiger partial charge >= 0.3 is 0 Å². The van der Waals surface area contributed by atoms with E-state index in [-0.39, 0.29) is 0 Å². The monoisotopic (exact) mass is 245 g/mol. The fourth-order valence-electron chi connectivity index (χ4n) is 2.24. The van der Waals surface area contributed by atoms with Gasteiger partial charge in [-0.05, 0) is 37.1 Å². The normalized spacial score (nSPS) is 10.7. The van der Waals surface area contributed by atoms with Crippen molar-refractivity contribution in [3.8, 4) is 17.0 Å². The van der Waals surface area contributed by atoms with Crippen molar-refractivity contribution in [2.75, 3.05) is 7.11 Å². The Morgan fingerprint density at radius 3 is 2.56 bits per heavy atom. The summed E-state index contributed by atoms with van der Waals surface area (Å²) in [7, 11) is 3.59. The van der Waals surface area contributed by atoms with Gasteiger partial charge in [-0.2, -0.15) is 5.10 Å². The highest BCUT2D eigenvalue weighted by Gasteiger charge is 2.13. The third-order valence-electron chi connectivity index (χ3n) is 3.08. The van der Waals surface area contributed by atoms with Crippen molar-refractivity contribution in [3.63, 3.8) is 0 Å². The van der Waals surface area contributed by atoms with Crippen molar-refractivity contribution >= 4 is 0 Å². The highest BCUT2D eigenvalue weighted by molar-refractivity contribution is 5.70. The van der Waals surface area contributed by atoms with Crippen LogP contribution >= 0.6 is 0 Å². The minimum Gasteiger partial charge on any atom is -0.496 e. The second-order valence-corrected chi connectivity index (χ2v) is 4.51. The van der Waals surface area contributed by atoms with Crippen LogP contribution in [0, 0.1) is 13.8 Å². The van der Waals surface area contributed by atoms with Crippen LogP contribution in [-0.4, -0.2) is 16.9 Å². The highest BCUT2D eigenvalue weighted by Crippen LogP contribution is 2.33. The predicted molar refractivity (Wildman–Crippen MR) is 72.6 cm³/mol. The maximum atomic E-state index is 5.68. The molecule has 2 N–H and O–H groups in total. The summed E-state index contributed by atoms with van der Waals surface area (Å²) < 4.78 is 7.30. The van der Waals surface area contributed by atoms with Crippen molar-refractivity contribution in [2.24, 2.45) is 12.8 Å². The van der Waals surface area contributed by atoms with E-state index >= 15 is 0 Å². The number of hydrogen-bond donors (Lipinski definition) is 1. The first-order valence-electron chi connectivity index (χ1n) is 5.95. The van der Waals surface area contributed by atoms with Crippen LogP contribution in [0.2, 0.25) is 0 Å². The third kappa shape index (κ3) is 2.11. The molecule has 0 spiro atoms. The van der Waals surface area contributed by atoms with Gasteiger partial charge in [0.2, 0.25) is 0 Å². The van der Waals surface area contributed by atoms with E-state index in [1.54, 1.807) is 7.11 Å². The average Bonchev–Trinajstić information content (AvgIpc) is 2.69. The Kier molecular flexibility index (Phi) is 3.39. The van der Waals surface area contributed by atoms with Crippen molar-refractivity contribution in [1.82, 2.24) is 9.78 Å². The molecule has 1 aromatic heterocycles. The predicted octanol–water partition coefficient (Wildman–Crippen LogP) is 2.17. The molecule has 4 heteroatoms. The van der Waals surface area contributed by atoms with Crippen LogP contribution in [0.25, 0.3) is 11.3 Å². The van der Waals surface area contributed by atoms with Gasteiger partial charge in [-0.25, -0.2) is 0 Å². The fourth-order valence-corrected chi connectivity index (χ4v) is 2.24. The molecular formula is C14H19N3O. The number of aromatic nitrogens is 2. The van der Waals surface area contributed by atoms with E-state index < -0.39 is 0 Å². The number of nitrogens with two attached hydrogens (primary N) is 1. The number of hydrogen-bond acceptors (Lipinski definition) is 3. The summed E-state index contributed by atoms with van der Waals surface area (Å²) in [6, 6.07) is 6.21. The van der Waals surface area contributed by atoms with Crippen LogP contribution in [-0.2, 0) is 13.6 Å². The van der Waals surface area contributed by atoms with E-state index in [2.05, 4.69) is 24.2 Å². The molecule has 0 unspecified atom stereocenters. The summed E-state index contributed by atoms with van der Waals surface area (Å²) >= 11 is 0. The van der Waals surface area contributed by atoms with Gasteiger partial charge in [0.25, 0.3) is 0 Å². The summed E-state index contributed by atoms with van der Waals surface area (Å²) in [5, 5.41) is 4.50. The first-order valence-corrected chi connectivity index (χ1v) is 5.95. The van der Waals surface area contributed by atoms with Gasteiger partial charge in [-0.3, -0.25) is 4.68 Å². The van der Waals surface area contributed by atoms with Crippen LogP contribution in [0.5, 0.6) is 5.75 Å². The summed E-state index contributed by atoms with van der Waals surface area (Å²) in [6.45, 7) is 4.60. The summed E-state index contributed by atoms with van der Waals surface area (Å²) in [6.07, 6.45) is 0. The molecule has 2 aromatic rings. The Morgan fingerprint density at radius 2 is 2.00 bits per heavy atom. The molecule has 0 amide bonds. The van der Waals surface area contributed by atoms with Gasteiger partial charge < -0.3 is 10.5 Å². The van der Waals surface area contributed by atoms with Gasteiger partial charge in [0.15, 0.2) is 0 Å². The molecule has 18 heavy (non-hydrogen) atoms. The molecule has 0 fully saturated rings. The molecule has 0 radical (unpaired) electrons. The standard InChI is InChI=1S/C14H19N3O/c1-9-5-10(2)14(18-4)12(6-9)13-7-11(8-15)17(3)16-13/h5-7H,8,15H2,1-4H3. The molecule has 0 bridgehead atoms. The number of benzene rings is 1. The van der Waals surface area contributed by atoms with E-state index in [0.29, 0.717) is 6.54 Å². The van der Waals surface area contributed by atoms with Crippen molar-refractivity contribution in [3.05, 3.63) is 35.0 Å². The highest BCUT2D eigenvalue weighted by atomic mass is 16.5. The minimum atomic E-state index is 0.483. The fraction of sp³-hybridized carbons (Fsp3) is 0.357. The molecule has 2 rings (SSSR count). The number of rotatable bonds is 3. The van der Waals surface area contributed by atoms with Gasteiger partial charge in [0, 0.05) is 19.2 Å². The van der Waals surface area contributed by atoms with Crippen molar-refractivity contribution in [2.45, 2.75) is 20.4 Å². The maximum Gasteiger partial charge on any atom is 0.131 e. The zero-order valence-electron chi connectivity index (χ0n) is 11.3. The molecule has 0 aliphatic carbocycles. The van der Waals surface area contributed by atoms with Gasteiger partial charge in [0.05, 0.1) is 18.5 Å². The van der Waals surface area contributed by atoms with Gasteiger partial charge in [0.1, 0.15) is 5.75 Å². The van der Waals surface area contributed by atoms with Crippen molar-refractivity contribution in [1.29, 1.82) is 0 Å². The molecule has 0 saturated heterocycles. The van der Waals surface area contributed by atoms with E-state index in [1.165, 1.54) is 5.56 Å². The van der Waals surface area contributed by atoms with E-state index in [0.717, 1.165) is 28.3 Å². The Bertz CT molecular complexity index is 573. The largest absolute Gasteiger partial charge is 0.496 e. The van der Waals surface area contributed by atoms with Crippen LogP contribution < -0.4 is 10.5 Å². The smallest absolute Gasteiger partial charge is 0.131 e. The SMILES string of the molecule is COc1c(C)cc(C)cc1-c1cc(CN)n(C)n1. The maximum absolute atomic E-state index is 5.68. The molecule has 96 valence electrons. The molecule has 0 atom stereocenters. The Labute approximate surface area is 107 Å². The zero-order valence-corrected chi connectivity index (χ0v) is 11.3. The third-order valence-corrected chi connectivity index (χ3v) is 3.08.